The molecule has 3 rings (SSSR count). The van der Waals surface area contributed by atoms with Crippen molar-refractivity contribution >= 4 is 31.1 Å². The van der Waals surface area contributed by atoms with Gasteiger partial charge in [0.25, 0.3) is 0 Å². The summed E-state index contributed by atoms with van der Waals surface area (Å²) in [4.78, 5) is 26.7. The standard InChI is InChI=1S/C20H22O4.2C3H7.Sn/c21-18(22)12-7-13-20(19(23)24,14-16-8-3-1-4-9-16)15-17-10-5-2-6-11-17;2*1-3-2;/h1-6,8-11H,7,12-15H2,(H,21,22)(H,23,24);2*3H,1-2H3;/q;;;+2/p-2. The molecule has 1 aliphatic heterocycles. The fourth-order valence-electron chi connectivity index (χ4n) is 4.67. The number of carbonyl (C=O) groups is 2. The zero-order chi connectivity index (χ0) is 22.5. The van der Waals surface area contributed by atoms with Crippen molar-refractivity contribution in [3.8, 4) is 0 Å². The second kappa shape index (κ2) is 10.2. The van der Waals surface area contributed by atoms with E-state index < -0.39 is 24.6 Å². The SMILES string of the molecule is C[CH](C)[Sn]1([CH](C)C)[O]C(=O)CCCC(Cc2ccccc2)(Cc2ccccc2)C(=O)[O]1. The Balaban J connectivity index is 2.08. The zero-order valence-electron chi connectivity index (χ0n) is 19.1. The van der Waals surface area contributed by atoms with Crippen molar-refractivity contribution < 1.29 is 15.7 Å². The number of carbonyl (C=O) groups excluding carboxylic acids is 2. The van der Waals surface area contributed by atoms with Crippen LogP contribution in [-0.2, 0) is 28.6 Å². The van der Waals surface area contributed by atoms with Gasteiger partial charge in [-0.3, -0.25) is 0 Å². The van der Waals surface area contributed by atoms with Crippen LogP contribution >= 0.6 is 0 Å². The Hall–Kier alpha value is -1.82. The molecule has 0 radical (unpaired) electrons. The molecule has 0 aromatic heterocycles. The molecule has 5 heteroatoms. The summed E-state index contributed by atoms with van der Waals surface area (Å²) < 4.78 is 12.6. The molecular formula is C26H34O4Sn. The summed E-state index contributed by atoms with van der Waals surface area (Å²) in [6.07, 6.45) is 2.73. The van der Waals surface area contributed by atoms with E-state index in [-0.39, 0.29) is 19.8 Å². The van der Waals surface area contributed by atoms with Crippen molar-refractivity contribution in [2.24, 2.45) is 5.41 Å². The van der Waals surface area contributed by atoms with Gasteiger partial charge in [0, 0.05) is 0 Å². The van der Waals surface area contributed by atoms with E-state index in [1.54, 1.807) is 0 Å². The predicted octanol–water partition coefficient (Wildman–Crippen LogP) is 5.99. The number of hydrogen-bond donors (Lipinski definition) is 0. The van der Waals surface area contributed by atoms with Crippen LogP contribution in [0.2, 0.25) is 7.87 Å². The van der Waals surface area contributed by atoms with Crippen LogP contribution < -0.4 is 0 Å². The van der Waals surface area contributed by atoms with Crippen molar-refractivity contribution in [1.29, 1.82) is 0 Å². The minimum atomic E-state index is -4.04. The van der Waals surface area contributed by atoms with E-state index in [1.165, 1.54) is 0 Å². The first kappa shape index (κ1) is 23.8. The van der Waals surface area contributed by atoms with Gasteiger partial charge in [-0.15, -0.1) is 0 Å². The van der Waals surface area contributed by atoms with Crippen molar-refractivity contribution in [3.05, 3.63) is 71.8 Å². The molecule has 0 bridgehead atoms. The van der Waals surface area contributed by atoms with E-state index in [4.69, 9.17) is 6.15 Å². The van der Waals surface area contributed by atoms with Crippen LogP contribution in [0, 0.1) is 5.41 Å². The fraction of sp³-hybridized carbons (Fsp3) is 0.462. The summed E-state index contributed by atoms with van der Waals surface area (Å²) in [5.41, 5.74) is 1.50. The number of rotatable bonds is 6. The third-order valence-corrected chi connectivity index (χ3v) is 18.6. The summed E-state index contributed by atoms with van der Waals surface area (Å²) in [5.74, 6) is -0.394. The number of benzene rings is 2. The fourth-order valence-corrected chi connectivity index (χ4v) is 14.0. The van der Waals surface area contributed by atoms with Gasteiger partial charge in [-0.2, -0.15) is 0 Å². The van der Waals surface area contributed by atoms with Crippen LogP contribution in [0.1, 0.15) is 58.1 Å². The van der Waals surface area contributed by atoms with Crippen LogP contribution in [0.5, 0.6) is 0 Å². The van der Waals surface area contributed by atoms with Crippen molar-refractivity contribution in [1.82, 2.24) is 0 Å². The van der Waals surface area contributed by atoms with E-state index >= 15 is 0 Å². The maximum atomic E-state index is 14.0. The third-order valence-electron chi connectivity index (χ3n) is 6.37. The molecule has 1 heterocycles. The first-order valence-corrected chi connectivity index (χ1v) is 16.9. The van der Waals surface area contributed by atoms with Crippen LogP contribution in [-0.4, -0.2) is 31.1 Å². The Labute approximate surface area is 191 Å². The van der Waals surface area contributed by atoms with Gasteiger partial charge < -0.3 is 0 Å². The molecule has 0 spiro atoms. The van der Waals surface area contributed by atoms with Gasteiger partial charge in [-0.1, -0.05) is 0 Å². The summed E-state index contributed by atoms with van der Waals surface area (Å²) in [6.45, 7) is 8.13. The molecule has 1 saturated heterocycles. The van der Waals surface area contributed by atoms with E-state index in [1.807, 2.05) is 64.1 Å². The predicted molar refractivity (Wildman–Crippen MR) is 125 cm³/mol. The van der Waals surface area contributed by atoms with E-state index in [2.05, 4.69) is 24.3 Å². The van der Waals surface area contributed by atoms with Gasteiger partial charge in [-0.05, 0) is 0 Å². The quantitative estimate of drug-likeness (QED) is 0.432. The van der Waals surface area contributed by atoms with Gasteiger partial charge in [0.15, 0.2) is 0 Å². The summed E-state index contributed by atoms with van der Waals surface area (Å²) in [5, 5.41) is 0. The first-order chi connectivity index (χ1) is 14.8. The topological polar surface area (TPSA) is 52.6 Å². The van der Waals surface area contributed by atoms with Gasteiger partial charge in [0.1, 0.15) is 0 Å². The second-order valence-electron chi connectivity index (χ2n) is 9.35. The molecule has 1 fully saturated rings. The normalized spacial score (nSPS) is 18.6. The van der Waals surface area contributed by atoms with Crippen LogP contribution in [0.3, 0.4) is 0 Å². The average Bonchev–Trinajstić information content (AvgIpc) is 2.78. The molecule has 0 N–H and O–H groups in total. The molecule has 0 aliphatic carbocycles. The molecule has 1 aliphatic rings. The van der Waals surface area contributed by atoms with Crippen LogP contribution in [0.25, 0.3) is 0 Å². The van der Waals surface area contributed by atoms with Crippen LogP contribution in [0.4, 0.5) is 0 Å². The molecule has 2 aromatic rings. The van der Waals surface area contributed by atoms with E-state index in [0.717, 1.165) is 11.1 Å². The average molecular weight is 529 g/mol. The minimum absolute atomic E-state index is 0.0476. The molecule has 4 nitrogen and oxygen atoms in total. The third kappa shape index (κ3) is 5.51. The molecule has 0 amide bonds. The van der Waals surface area contributed by atoms with Crippen molar-refractivity contribution in [2.75, 3.05) is 0 Å². The first-order valence-electron chi connectivity index (χ1n) is 11.3. The zero-order valence-corrected chi connectivity index (χ0v) is 22.0. The van der Waals surface area contributed by atoms with Crippen molar-refractivity contribution in [2.45, 2.75) is 67.7 Å². The molecule has 166 valence electrons. The molecular weight excluding hydrogens is 495 g/mol. The Morgan fingerprint density at radius 3 is 1.74 bits per heavy atom. The second-order valence-corrected chi connectivity index (χ2v) is 21.2. The van der Waals surface area contributed by atoms with Gasteiger partial charge in [-0.25, -0.2) is 0 Å². The van der Waals surface area contributed by atoms with E-state index in [0.29, 0.717) is 32.1 Å². The maximum absolute atomic E-state index is 14.0. The molecule has 0 unspecified atom stereocenters. The van der Waals surface area contributed by atoms with Gasteiger partial charge in [0.05, 0.1) is 0 Å². The van der Waals surface area contributed by atoms with Gasteiger partial charge in [0.2, 0.25) is 0 Å². The summed E-state index contributed by atoms with van der Waals surface area (Å²) in [7, 11) is 0. The molecule has 31 heavy (non-hydrogen) atoms. The van der Waals surface area contributed by atoms with Gasteiger partial charge >= 0.3 is 192 Å². The summed E-state index contributed by atoms with van der Waals surface area (Å²) >= 11 is -4.04. The molecule has 0 saturated carbocycles. The summed E-state index contributed by atoms with van der Waals surface area (Å²) in [6, 6.07) is 20.3. The molecule has 2 aromatic carbocycles. The molecule has 0 atom stereocenters. The monoisotopic (exact) mass is 530 g/mol. The Bertz CT molecular complexity index is 827. The van der Waals surface area contributed by atoms with E-state index in [9.17, 15) is 9.59 Å². The Kier molecular flexibility index (Phi) is 7.84. The van der Waals surface area contributed by atoms with Crippen molar-refractivity contribution in [3.63, 3.8) is 0 Å². The van der Waals surface area contributed by atoms with Crippen LogP contribution in [0.15, 0.2) is 60.7 Å². The number of hydrogen-bond acceptors (Lipinski definition) is 4. The Morgan fingerprint density at radius 1 is 0.806 bits per heavy atom. The Morgan fingerprint density at radius 2 is 1.29 bits per heavy atom.